The van der Waals surface area contributed by atoms with Crippen molar-refractivity contribution in [2.45, 2.75) is 17.9 Å². The lowest BCUT2D eigenvalue weighted by molar-refractivity contribution is 0.0525. The highest BCUT2D eigenvalue weighted by Crippen LogP contribution is 2.32. The molecule has 2 fully saturated rings. The maximum atomic E-state index is 13.1. The summed E-state index contributed by atoms with van der Waals surface area (Å²) < 4.78 is 39.1. The molecule has 6 rings (SSSR count). The zero-order valence-electron chi connectivity index (χ0n) is 20.6. The summed E-state index contributed by atoms with van der Waals surface area (Å²) in [6, 6.07) is 9.76. The quantitative estimate of drug-likeness (QED) is 0.337. The number of imidazole rings is 1. The second-order valence-corrected chi connectivity index (χ2v) is 10.8. The van der Waals surface area contributed by atoms with Crippen molar-refractivity contribution < 1.29 is 22.1 Å². The van der Waals surface area contributed by atoms with Gasteiger partial charge in [-0.3, -0.25) is 9.78 Å². The molecule has 196 valence electrons. The first kappa shape index (κ1) is 24.2. The summed E-state index contributed by atoms with van der Waals surface area (Å²) in [5.74, 6) is 0.0910. The minimum absolute atomic E-state index is 0.0192. The molecule has 2 aliphatic rings. The largest absolute Gasteiger partial charge is 0.378 e. The lowest BCUT2D eigenvalue weighted by Gasteiger charge is -2.39. The van der Waals surface area contributed by atoms with E-state index < -0.39 is 10.1 Å². The second-order valence-electron chi connectivity index (χ2n) is 9.21. The Labute approximate surface area is 219 Å². The van der Waals surface area contributed by atoms with Crippen LogP contribution in [0.2, 0.25) is 0 Å². The molecule has 13 heteroatoms. The van der Waals surface area contributed by atoms with Crippen LogP contribution >= 0.6 is 0 Å². The van der Waals surface area contributed by atoms with Gasteiger partial charge in [-0.25, -0.2) is 4.98 Å². The van der Waals surface area contributed by atoms with Crippen LogP contribution in [0.25, 0.3) is 11.2 Å². The molecule has 1 aromatic carbocycles. The summed E-state index contributed by atoms with van der Waals surface area (Å²) >= 11 is 0. The molecule has 0 aliphatic carbocycles. The van der Waals surface area contributed by atoms with Gasteiger partial charge in [-0.2, -0.15) is 18.4 Å². The molecule has 5 heterocycles. The van der Waals surface area contributed by atoms with Crippen LogP contribution in [0.15, 0.2) is 60.0 Å². The van der Waals surface area contributed by atoms with Gasteiger partial charge in [0.25, 0.3) is 11.8 Å². The Balaban J connectivity index is 1.33. The topological polar surface area (TPSA) is 133 Å². The van der Waals surface area contributed by atoms with E-state index in [0.717, 1.165) is 5.56 Å². The minimum atomic E-state index is -4.16. The molecule has 12 nitrogen and oxygen atoms in total. The number of aryl methyl sites for hydroxylation is 1. The van der Waals surface area contributed by atoms with E-state index in [2.05, 4.69) is 15.0 Å². The lowest BCUT2D eigenvalue weighted by Crippen LogP contribution is -2.50. The summed E-state index contributed by atoms with van der Waals surface area (Å²) in [5, 5.41) is 0. The van der Waals surface area contributed by atoms with Gasteiger partial charge in [0.15, 0.2) is 11.2 Å². The van der Waals surface area contributed by atoms with Crippen molar-refractivity contribution in [2.75, 3.05) is 44.3 Å². The normalized spacial score (nSPS) is 16.4. The molecular weight excluding hydrogens is 510 g/mol. The van der Waals surface area contributed by atoms with Gasteiger partial charge in [0.1, 0.15) is 4.90 Å². The van der Waals surface area contributed by atoms with Gasteiger partial charge >= 0.3 is 10.1 Å². The van der Waals surface area contributed by atoms with Crippen LogP contribution in [-0.4, -0.2) is 83.1 Å². The average Bonchev–Trinajstić information content (AvgIpc) is 3.33. The fourth-order valence-electron chi connectivity index (χ4n) is 4.44. The lowest BCUT2D eigenvalue weighted by atomic mass is 10.1. The maximum Gasteiger partial charge on any atom is 0.340 e. The van der Waals surface area contributed by atoms with Gasteiger partial charge in [0, 0.05) is 38.6 Å². The predicted octanol–water partition coefficient (Wildman–Crippen LogP) is 1.83. The van der Waals surface area contributed by atoms with Crippen LogP contribution in [0.1, 0.15) is 22.0 Å². The van der Waals surface area contributed by atoms with E-state index in [1.165, 1.54) is 12.1 Å². The van der Waals surface area contributed by atoms with Crippen LogP contribution in [0.5, 0.6) is 5.88 Å². The molecule has 2 saturated heterocycles. The molecule has 2 aliphatic heterocycles. The number of likely N-dealkylation sites (tertiary alicyclic amines) is 1. The third-order valence-corrected chi connectivity index (χ3v) is 7.85. The molecule has 38 heavy (non-hydrogen) atoms. The Hall–Kier alpha value is -4.10. The Morgan fingerprint density at radius 1 is 1.08 bits per heavy atom. The van der Waals surface area contributed by atoms with Crippen molar-refractivity contribution in [3.05, 3.63) is 66.2 Å². The number of nitrogens with zero attached hydrogens (tertiary/aromatic N) is 7. The van der Waals surface area contributed by atoms with E-state index in [0.29, 0.717) is 56.6 Å². The van der Waals surface area contributed by atoms with Crippen LogP contribution < -0.4 is 9.08 Å². The highest BCUT2D eigenvalue weighted by molar-refractivity contribution is 7.87. The molecule has 0 saturated carbocycles. The number of carbonyl (C=O) groups is 1. The van der Waals surface area contributed by atoms with Crippen LogP contribution in [-0.2, 0) is 14.9 Å². The molecule has 0 atom stereocenters. The summed E-state index contributed by atoms with van der Waals surface area (Å²) in [6.45, 7) is 4.90. The fourth-order valence-corrected chi connectivity index (χ4v) is 5.33. The number of morpholine rings is 1. The number of hydrogen-bond donors (Lipinski definition) is 0. The SMILES string of the molecule is Cc1ccc(S(=O)(=O)Oc2nc(N3CCOCC3)nc3c2ncn3C2CN(C(=O)c3cccnc3)C2)cc1. The first-order valence-corrected chi connectivity index (χ1v) is 13.6. The van der Waals surface area contributed by atoms with Gasteiger partial charge in [-0.15, -0.1) is 0 Å². The average molecular weight is 536 g/mol. The molecule has 1 amide bonds. The standard InChI is InChI=1S/C25H25N7O5S/c1-17-4-6-20(7-5-17)38(34,35)37-23-21-22(28-25(29-23)30-9-11-36-12-10-30)32(16-27-21)19-14-31(15-19)24(33)18-3-2-8-26-13-18/h2-8,13,16,19H,9-12,14-15H2,1H3. The molecule has 0 radical (unpaired) electrons. The molecule has 0 bridgehead atoms. The number of amides is 1. The van der Waals surface area contributed by atoms with E-state index in [4.69, 9.17) is 13.9 Å². The number of ether oxygens (including phenoxy) is 1. The Kier molecular flexibility index (Phi) is 6.16. The number of fused-ring (bicyclic) bond motifs is 1. The van der Waals surface area contributed by atoms with Crippen molar-refractivity contribution in [3.63, 3.8) is 0 Å². The zero-order chi connectivity index (χ0) is 26.3. The third-order valence-electron chi connectivity index (χ3n) is 6.62. The molecule has 0 N–H and O–H groups in total. The second kappa shape index (κ2) is 9.65. The summed E-state index contributed by atoms with van der Waals surface area (Å²) in [5.41, 5.74) is 2.12. The van der Waals surface area contributed by atoms with Gasteiger partial charge in [-0.05, 0) is 31.2 Å². The number of benzene rings is 1. The van der Waals surface area contributed by atoms with Crippen molar-refractivity contribution in [1.29, 1.82) is 0 Å². The molecular formula is C25H25N7O5S. The number of aromatic nitrogens is 5. The van der Waals surface area contributed by atoms with Gasteiger partial charge in [0.2, 0.25) is 5.95 Å². The number of anilines is 1. The Morgan fingerprint density at radius 3 is 2.55 bits per heavy atom. The molecule has 0 spiro atoms. The zero-order valence-corrected chi connectivity index (χ0v) is 21.4. The van der Waals surface area contributed by atoms with Gasteiger partial charge in [0.05, 0.1) is 31.1 Å². The van der Waals surface area contributed by atoms with Crippen molar-refractivity contribution in [2.24, 2.45) is 0 Å². The van der Waals surface area contributed by atoms with Crippen molar-refractivity contribution >= 4 is 33.1 Å². The smallest absolute Gasteiger partial charge is 0.340 e. The first-order chi connectivity index (χ1) is 18.4. The van der Waals surface area contributed by atoms with Crippen molar-refractivity contribution in [1.82, 2.24) is 29.4 Å². The van der Waals surface area contributed by atoms with Gasteiger partial charge in [-0.1, -0.05) is 17.7 Å². The van der Waals surface area contributed by atoms with E-state index >= 15 is 0 Å². The third kappa shape index (κ3) is 4.54. The Morgan fingerprint density at radius 2 is 1.84 bits per heavy atom. The first-order valence-electron chi connectivity index (χ1n) is 12.2. The fraction of sp³-hybridized carbons (Fsp3) is 0.320. The molecule has 3 aromatic heterocycles. The molecule has 4 aromatic rings. The highest BCUT2D eigenvalue weighted by Gasteiger charge is 2.35. The maximum absolute atomic E-state index is 13.1. The van der Waals surface area contributed by atoms with Crippen molar-refractivity contribution in [3.8, 4) is 5.88 Å². The summed E-state index contributed by atoms with van der Waals surface area (Å²) in [6.07, 6.45) is 4.75. The summed E-state index contributed by atoms with van der Waals surface area (Å²) in [4.78, 5) is 34.1. The van der Waals surface area contributed by atoms with E-state index in [1.807, 2.05) is 16.4 Å². The predicted molar refractivity (Wildman–Crippen MR) is 137 cm³/mol. The van der Waals surface area contributed by atoms with Crippen LogP contribution in [0.3, 0.4) is 0 Å². The van der Waals surface area contributed by atoms with Crippen LogP contribution in [0, 0.1) is 6.92 Å². The summed E-state index contributed by atoms with van der Waals surface area (Å²) in [7, 11) is -4.16. The van der Waals surface area contributed by atoms with E-state index in [9.17, 15) is 13.2 Å². The van der Waals surface area contributed by atoms with E-state index in [1.54, 1.807) is 47.9 Å². The van der Waals surface area contributed by atoms with E-state index in [-0.39, 0.29) is 28.2 Å². The molecule has 0 unspecified atom stereocenters. The number of pyridine rings is 1. The number of rotatable bonds is 6. The number of carbonyl (C=O) groups excluding carboxylic acids is 1. The minimum Gasteiger partial charge on any atom is -0.378 e. The number of hydrogen-bond acceptors (Lipinski definition) is 10. The highest BCUT2D eigenvalue weighted by atomic mass is 32.2. The Bertz CT molecular complexity index is 1580. The monoisotopic (exact) mass is 535 g/mol. The van der Waals surface area contributed by atoms with Crippen LogP contribution in [0.4, 0.5) is 5.95 Å². The van der Waals surface area contributed by atoms with Gasteiger partial charge < -0.3 is 23.3 Å².